The summed E-state index contributed by atoms with van der Waals surface area (Å²) in [7, 11) is 0. The Balaban J connectivity index is 1.91. The molecule has 0 aliphatic carbocycles. The molecule has 1 aliphatic rings. The van der Waals surface area contributed by atoms with Gasteiger partial charge in [-0.05, 0) is 18.2 Å². The zero-order chi connectivity index (χ0) is 11.0. The molecule has 0 saturated heterocycles. The Morgan fingerprint density at radius 1 is 1.06 bits per heavy atom. The van der Waals surface area contributed by atoms with Gasteiger partial charge in [-0.1, -0.05) is 46.3 Å². The third kappa shape index (κ3) is 1.67. The molecule has 2 aromatic rings. The predicted octanol–water partition coefficient (Wildman–Crippen LogP) is 3.95. The highest BCUT2D eigenvalue weighted by atomic mass is 79.9. The number of benzene rings is 2. The predicted molar refractivity (Wildman–Crippen MR) is 67.6 cm³/mol. The SMILES string of the molecule is Brc1ccc2c(c1)NC(c1ccccc1)O2. The van der Waals surface area contributed by atoms with E-state index in [0.29, 0.717) is 0 Å². The molecule has 0 amide bonds. The number of halogens is 1. The van der Waals surface area contributed by atoms with E-state index in [-0.39, 0.29) is 6.23 Å². The van der Waals surface area contributed by atoms with Gasteiger partial charge in [0.1, 0.15) is 5.75 Å². The van der Waals surface area contributed by atoms with Crippen molar-refractivity contribution >= 4 is 21.6 Å². The van der Waals surface area contributed by atoms with Gasteiger partial charge in [-0.15, -0.1) is 0 Å². The average molecular weight is 276 g/mol. The van der Waals surface area contributed by atoms with E-state index in [9.17, 15) is 0 Å². The Labute approximate surface area is 102 Å². The van der Waals surface area contributed by atoms with Crippen molar-refractivity contribution in [3.8, 4) is 5.75 Å². The molecular weight excluding hydrogens is 266 g/mol. The lowest BCUT2D eigenvalue weighted by atomic mass is 10.2. The number of rotatable bonds is 1. The molecule has 1 aliphatic heterocycles. The molecule has 2 aromatic carbocycles. The van der Waals surface area contributed by atoms with Crippen molar-refractivity contribution in [3.05, 3.63) is 58.6 Å². The van der Waals surface area contributed by atoms with Crippen molar-refractivity contribution in [2.24, 2.45) is 0 Å². The van der Waals surface area contributed by atoms with Gasteiger partial charge in [0, 0.05) is 10.0 Å². The molecule has 1 heterocycles. The van der Waals surface area contributed by atoms with E-state index < -0.39 is 0 Å². The number of anilines is 1. The maximum atomic E-state index is 5.82. The summed E-state index contributed by atoms with van der Waals surface area (Å²) in [5.74, 6) is 0.900. The van der Waals surface area contributed by atoms with Gasteiger partial charge in [-0.2, -0.15) is 0 Å². The second-order valence-electron chi connectivity index (χ2n) is 3.69. The highest BCUT2D eigenvalue weighted by molar-refractivity contribution is 9.10. The molecule has 1 N–H and O–H groups in total. The van der Waals surface area contributed by atoms with E-state index in [1.807, 2.05) is 36.4 Å². The summed E-state index contributed by atoms with van der Waals surface area (Å²) in [6, 6.07) is 16.1. The Morgan fingerprint density at radius 3 is 2.69 bits per heavy atom. The maximum absolute atomic E-state index is 5.82. The minimum absolute atomic E-state index is 0.0782. The van der Waals surface area contributed by atoms with Crippen molar-refractivity contribution < 1.29 is 4.74 Å². The van der Waals surface area contributed by atoms with Crippen LogP contribution in [-0.2, 0) is 0 Å². The Bertz CT molecular complexity index is 513. The van der Waals surface area contributed by atoms with Crippen molar-refractivity contribution in [2.75, 3.05) is 5.32 Å². The lowest BCUT2D eigenvalue weighted by molar-refractivity contribution is 0.260. The molecule has 0 saturated carbocycles. The van der Waals surface area contributed by atoms with E-state index in [0.717, 1.165) is 21.5 Å². The van der Waals surface area contributed by atoms with E-state index in [2.05, 4.69) is 33.4 Å². The summed E-state index contributed by atoms with van der Waals surface area (Å²) >= 11 is 3.45. The summed E-state index contributed by atoms with van der Waals surface area (Å²) in [5.41, 5.74) is 2.16. The molecule has 3 rings (SSSR count). The molecule has 80 valence electrons. The fourth-order valence-electron chi connectivity index (χ4n) is 1.79. The first-order chi connectivity index (χ1) is 7.83. The van der Waals surface area contributed by atoms with Crippen LogP contribution in [0.25, 0.3) is 0 Å². The van der Waals surface area contributed by atoms with Crippen molar-refractivity contribution in [1.29, 1.82) is 0 Å². The first kappa shape index (κ1) is 9.73. The molecule has 0 spiro atoms. The summed E-state index contributed by atoms with van der Waals surface area (Å²) in [4.78, 5) is 0. The Morgan fingerprint density at radius 2 is 1.88 bits per heavy atom. The van der Waals surface area contributed by atoms with Gasteiger partial charge < -0.3 is 10.1 Å². The Hall–Kier alpha value is -1.48. The molecule has 3 heteroatoms. The second kappa shape index (κ2) is 3.83. The molecule has 16 heavy (non-hydrogen) atoms. The number of ether oxygens (including phenoxy) is 1. The zero-order valence-electron chi connectivity index (χ0n) is 8.48. The molecule has 1 atom stereocenters. The van der Waals surface area contributed by atoms with Gasteiger partial charge >= 0.3 is 0 Å². The normalized spacial score (nSPS) is 17.4. The molecule has 0 radical (unpaired) electrons. The average Bonchev–Trinajstić information content (AvgIpc) is 2.73. The Kier molecular flexibility index (Phi) is 2.33. The maximum Gasteiger partial charge on any atom is 0.196 e. The van der Waals surface area contributed by atoms with Crippen molar-refractivity contribution in [1.82, 2.24) is 0 Å². The van der Waals surface area contributed by atoms with Crippen LogP contribution in [-0.4, -0.2) is 0 Å². The molecule has 0 fully saturated rings. The van der Waals surface area contributed by atoms with E-state index in [1.165, 1.54) is 0 Å². The van der Waals surface area contributed by atoms with Crippen LogP contribution in [0.4, 0.5) is 5.69 Å². The quantitative estimate of drug-likeness (QED) is 0.851. The van der Waals surface area contributed by atoms with Crippen LogP contribution in [0, 0.1) is 0 Å². The standard InChI is InChI=1S/C13H10BrNO/c14-10-6-7-12-11(8-10)15-13(16-12)9-4-2-1-3-5-9/h1-8,13,15H. The second-order valence-corrected chi connectivity index (χ2v) is 4.61. The minimum Gasteiger partial charge on any atom is -0.464 e. The van der Waals surface area contributed by atoms with Gasteiger partial charge in [0.25, 0.3) is 0 Å². The van der Waals surface area contributed by atoms with Gasteiger partial charge in [0.05, 0.1) is 5.69 Å². The summed E-state index contributed by atoms with van der Waals surface area (Å²) in [6.45, 7) is 0. The first-order valence-electron chi connectivity index (χ1n) is 5.10. The summed E-state index contributed by atoms with van der Waals surface area (Å²) in [5, 5.41) is 3.34. The number of fused-ring (bicyclic) bond motifs is 1. The molecule has 0 bridgehead atoms. The van der Waals surface area contributed by atoms with Crippen molar-refractivity contribution in [2.45, 2.75) is 6.23 Å². The first-order valence-corrected chi connectivity index (χ1v) is 5.90. The van der Waals surface area contributed by atoms with E-state index in [1.54, 1.807) is 0 Å². The van der Waals surface area contributed by atoms with E-state index >= 15 is 0 Å². The fraction of sp³-hybridized carbons (Fsp3) is 0.0769. The van der Waals surface area contributed by atoms with Gasteiger partial charge in [-0.25, -0.2) is 0 Å². The third-order valence-electron chi connectivity index (χ3n) is 2.58. The third-order valence-corrected chi connectivity index (χ3v) is 3.07. The molecule has 1 unspecified atom stereocenters. The molecular formula is C13H10BrNO. The summed E-state index contributed by atoms with van der Waals surface area (Å²) in [6.07, 6.45) is -0.0782. The molecule has 0 aromatic heterocycles. The topological polar surface area (TPSA) is 21.3 Å². The smallest absolute Gasteiger partial charge is 0.196 e. The van der Waals surface area contributed by atoms with Crippen LogP contribution in [0.5, 0.6) is 5.75 Å². The number of hydrogen-bond acceptors (Lipinski definition) is 2. The highest BCUT2D eigenvalue weighted by Crippen LogP contribution is 2.39. The van der Waals surface area contributed by atoms with Gasteiger partial charge in [-0.3, -0.25) is 0 Å². The summed E-state index contributed by atoms with van der Waals surface area (Å²) < 4.78 is 6.87. The number of nitrogens with one attached hydrogen (secondary N) is 1. The van der Waals surface area contributed by atoms with Gasteiger partial charge in [0.15, 0.2) is 6.23 Å². The number of hydrogen-bond donors (Lipinski definition) is 1. The van der Waals surface area contributed by atoms with Crippen molar-refractivity contribution in [3.63, 3.8) is 0 Å². The van der Waals surface area contributed by atoms with Crippen LogP contribution in [0.1, 0.15) is 11.8 Å². The minimum atomic E-state index is -0.0782. The lowest BCUT2D eigenvalue weighted by Gasteiger charge is -2.10. The zero-order valence-corrected chi connectivity index (χ0v) is 10.1. The van der Waals surface area contributed by atoms with Crippen LogP contribution >= 0.6 is 15.9 Å². The fourth-order valence-corrected chi connectivity index (χ4v) is 2.16. The van der Waals surface area contributed by atoms with Crippen LogP contribution in [0.15, 0.2) is 53.0 Å². The van der Waals surface area contributed by atoms with Gasteiger partial charge in [0.2, 0.25) is 0 Å². The van der Waals surface area contributed by atoms with Crippen LogP contribution in [0.2, 0.25) is 0 Å². The lowest BCUT2D eigenvalue weighted by Crippen LogP contribution is -2.09. The largest absolute Gasteiger partial charge is 0.464 e. The van der Waals surface area contributed by atoms with E-state index in [4.69, 9.17) is 4.74 Å². The van der Waals surface area contributed by atoms with Crippen LogP contribution < -0.4 is 10.1 Å². The highest BCUT2D eigenvalue weighted by Gasteiger charge is 2.22. The van der Waals surface area contributed by atoms with Crippen LogP contribution in [0.3, 0.4) is 0 Å². The molecule has 2 nitrogen and oxygen atoms in total. The monoisotopic (exact) mass is 275 g/mol.